The summed E-state index contributed by atoms with van der Waals surface area (Å²) in [5.74, 6) is 0.516. The van der Waals surface area contributed by atoms with E-state index >= 15 is 0 Å². The van der Waals surface area contributed by atoms with E-state index in [2.05, 4.69) is 24.4 Å². The van der Waals surface area contributed by atoms with Gasteiger partial charge in [-0.15, -0.1) is 0 Å². The summed E-state index contributed by atoms with van der Waals surface area (Å²) in [6, 6.07) is 21.7. The number of carbonyl (C=O) groups is 1. The van der Waals surface area contributed by atoms with Crippen molar-refractivity contribution in [1.82, 2.24) is 5.43 Å². The maximum absolute atomic E-state index is 13.2. The second-order valence-corrected chi connectivity index (χ2v) is 7.98. The number of amides is 1. The standard InChI is InChI=1S/C27H30N2O3/c1-5-32-25-16-20(4)21(17-24(25)19(2)3)18-28-29-26(30)27(31,22-12-8-6-9-13-22)23-14-10-7-11-15-23/h6-19,31H,5H2,1-4H3,(H,29,30)/b28-18-. The third kappa shape index (κ3) is 4.89. The van der Waals surface area contributed by atoms with Crippen LogP contribution in [0.1, 0.15) is 54.5 Å². The minimum absolute atomic E-state index is 0.278. The number of aryl methyl sites for hydroxylation is 1. The number of benzene rings is 3. The number of hydrazone groups is 1. The van der Waals surface area contributed by atoms with Crippen LogP contribution in [0.25, 0.3) is 0 Å². The molecule has 0 fully saturated rings. The molecule has 0 atom stereocenters. The number of aliphatic hydroxyl groups is 1. The Balaban J connectivity index is 1.90. The summed E-state index contributed by atoms with van der Waals surface area (Å²) in [6.45, 7) is 8.75. The second-order valence-electron chi connectivity index (χ2n) is 7.98. The van der Waals surface area contributed by atoms with Crippen molar-refractivity contribution in [3.63, 3.8) is 0 Å². The monoisotopic (exact) mass is 430 g/mol. The van der Waals surface area contributed by atoms with Gasteiger partial charge in [0.15, 0.2) is 5.60 Å². The molecule has 1 amide bonds. The zero-order valence-electron chi connectivity index (χ0n) is 19.0. The fourth-order valence-corrected chi connectivity index (χ4v) is 3.62. The summed E-state index contributed by atoms with van der Waals surface area (Å²) < 4.78 is 5.77. The maximum Gasteiger partial charge on any atom is 0.281 e. The Morgan fingerprint density at radius 1 is 1.06 bits per heavy atom. The molecule has 0 aliphatic rings. The van der Waals surface area contributed by atoms with Gasteiger partial charge in [-0.05, 0) is 59.7 Å². The van der Waals surface area contributed by atoms with E-state index in [-0.39, 0.29) is 5.92 Å². The van der Waals surface area contributed by atoms with Crippen molar-refractivity contribution in [3.05, 3.63) is 101 Å². The molecule has 3 aromatic rings. The van der Waals surface area contributed by atoms with Crippen molar-refractivity contribution in [2.75, 3.05) is 6.61 Å². The predicted octanol–water partition coefficient (Wildman–Crippen LogP) is 4.90. The first-order chi connectivity index (χ1) is 15.4. The molecule has 0 heterocycles. The minimum atomic E-state index is -1.86. The highest BCUT2D eigenvalue weighted by Gasteiger charge is 2.39. The van der Waals surface area contributed by atoms with E-state index in [0.717, 1.165) is 22.4 Å². The van der Waals surface area contributed by atoms with Crippen LogP contribution < -0.4 is 10.2 Å². The fourth-order valence-electron chi connectivity index (χ4n) is 3.62. The number of ether oxygens (including phenoxy) is 1. The lowest BCUT2D eigenvalue weighted by Gasteiger charge is -2.27. The lowest BCUT2D eigenvalue weighted by molar-refractivity contribution is -0.136. The van der Waals surface area contributed by atoms with Gasteiger partial charge in [-0.3, -0.25) is 4.79 Å². The Morgan fingerprint density at radius 2 is 1.62 bits per heavy atom. The van der Waals surface area contributed by atoms with Gasteiger partial charge in [0, 0.05) is 0 Å². The number of hydrogen-bond donors (Lipinski definition) is 2. The van der Waals surface area contributed by atoms with Gasteiger partial charge in [0.25, 0.3) is 5.91 Å². The van der Waals surface area contributed by atoms with E-state index in [1.54, 1.807) is 54.7 Å². The van der Waals surface area contributed by atoms with Gasteiger partial charge in [0.05, 0.1) is 12.8 Å². The number of nitrogens with zero attached hydrogens (tertiary/aromatic N) is 1. The molecule has 166 valence electrons. The summed E-state index contributed by atoms with van der Waals surface area (Å²) >= 11 is 0. The molecular weight excluding hydrogens is 400 g/mol. The molecule has 2 N–H and O–H groups in total. The lowest BCUT2D eigenvalue weighted by Crippen LogP contribution is -2.43. The van der Waals surface area contributed by atoms with E-state index in [0.29, 0.717) is 17.7 Å². The average molecular weight is 431 g/mol. The van der Waals surface area contributed by atoms with Crippen LogP contribution in [0.2, 0.25) is 0 Å². The van der Waals surface area contributed by atoms with Gasteiger partial charge in [0.1, 0.15) is 5.75 Å². The van der Waals surface area contributed by atoms with Crippen molar-refractivity contribution < 1.29 is 14.6 Å². The van der Waals surface area contributed by atoms with Gasteiger partial charge >= 0.3 is 0 Å². The Morgan fingerprint density at radius 3 is 2.12 bits per heavy atom. The number of nitrogens with one attached hydrogen (secondary N) is 1. The Hall–Kier alpha value is -3.44. The summed E-state index contributed by atoms with van der Waals surface area (Å²) in [7, 11) is 0. The largest absolute Gasteiger partial charge is 0.494 e. The fraction of sp³-hybridized carbons (Fsp3) is 0.259. The van der Waals surface area contributed by atoms with Crippen molar-refractivity contribution in [3.8, 4) is 5.75 Å². The SMILES string of the molecule is CCOc1cc(C)c(/C=N\NC(=O)C(O)(c2ccccc2)c2ccccc2)cc1C(C)C. The first kappa shape index (κ1) is 23.2. The lowest BCUT2D eigenvalue weighted by atomic mass is 9.85. The zero-order chi connectivity index (χ0) is 23.1. The molecule has 5 nitrogen and oxygen atoms in total. The Bertz CT molecular complexity index is 1040. The van der Waals surface area contributed by atoms with Crippen LogP contribution in [0.3, 0.4) is 0 Å². The molecule has 0 aliphatic carbocycles. The van der Waals surface area contributed by atoms with Crippen LogP contribution in [0, 0.1) is 6.92 Å². The first-order valence-electron chi connectivity index (χ1n) is 10.8. The molecule has 0 aliphatic heterocycles. The Labute approximate surface area is 189 Å². The normalized spacial score (nSPS) is 11.7. The highest BCUT2D eigenvalue weighted by molar-refractivity contribution is 5.91. The van der Waals surface area contributed by atoms with E-state index in [1.807, 2.05) is 38.1 Å². The van der Waals surface area contributed by atoms with E-state index < -0.39 is 11.5 Å². The molecule has 0 spiro atoms. The summed E-state index contributed by atoms with van der Waals surface area (Å²) in [4.78, 5) is 13.2. The predicted molar refractivity (Wildman–Crippen MR) is 128 cm³/mol. The Kier molecular flexibility index (Phi) is 7.44. The van der Waals surface area contributed by atoms with Gasteiger partial charge in [-0.2, -0.15) is 5.10 Å². The number of carbonyl (C=O) groups excluding carboxylic acids is 1. The molecule has 3 rings (SSSR count). The van der Waals surface area contributed by atoms with E-state index in [1.165, 1.54) is 0 Å². The third-order valence-corrected chi connectivity index (χ3v) is 5.40. The van der Waals surface area contributed by atoms with Crippen molar-refractivity contribution in [2.24, 2.45) is 5.10 Å². The number of rotatable bonds is 8. The van der Waals surface area contributed by atoms with Crippen LogP contribution in [-0.4, -0.2) is 23.8 Å². The average Bonchev–Trinajstić information content (AvgIpc) is 2.81. The quantitative estimate of drug-likeness (QED) is 0.394. The summed E-state index contributed by atoms with van der Waals surface area (Å²) in [6.07, 6.45) is 1.60. The zero-order valence-corrected chi connectivity index (χ0v) is 19.0. The van der Waals surface area contributed by atoms with Gasteiger partial charge in [-0.1, -0.05) is 74.5 Å². The molecule has 0 radical (unpaired) electrons. The molecule has 0 saturated carbocycles. The van der Waals surface area contributed by atoms with E-state index in [9.17, 15) is 9.90 Å². The van der Waals surface area contributed by atoms with Gasteiger partial charge in [-0.25, -0.2) is 5.43 Å². The molecule has 32 heavy (non-hydrogen) atoms. The van der Waals surface area contributed by atoms with Crippen LogP contribution in [0.4, 0.5) is 0 Å². The second kappa shape index (κ2) is 10.2. The van der Waals surface area contributed by atoms with Gasteiger partial charge < -0.3 is 9.84 Å². The smallest absolute Gasteiger partial charge is 0.281 e. The summed E-state index contributed by atoms with van der Waals surface area (Å²) in [5.41, 5.74) is 4.55. The highest BCUT2D eigenvalue weighted by Crippen LogP contribution is 2.31. The summed E-state index contributed by atoms with van der Waals surface area (Å²) in [5, 5.41) is 15.7. The van der Waals surface area contributed by atoms with E-state index in [4.69, 9.17) is 4.74 Å². The van der Waals surface area contributed by atoms with Crippen LogP contribution in [0.15, 0.2) is 77.9 Å². The van der Waals surface area contributed by atoms with Crippen LogP contribution in [0.5, 0.6) is 5.75 Å². The first-order valence-corrected chi connectivity index (χ1v) is 10.8. The molecule has 0 unspecified atom stereocenters. The van der Waals surface area contributed by atoms with Crippen molar-refractivity contribution in [1.29, 1.82) is 0 Å². The molecular formula is C27H30N2O3. The number of hydrogen-bond acceptors (Lipinski definition) is 4. The molecule has 0 aromatic heterocycles. The molecule has 5 heteroatoms. The van der Waals surface area contributed by atoms with Crippen LogP contribution in [-0.2, 0) is 10.4 Å². The van der Waals surface area contributed by atoms with Crippen molar-refractivity contribution in [2.45, 2.75) is 39.2 Å². The van der Waals surface area contributed by atoms with Crippen molar-refractivity contribution >= 4 is 12.1 Å². The van der Waals surface area contributed by atoms with Gasteiger partial charge in [0.2, 0.25) is 0 Å². The minimum Gasteiger partial charge on any atom is -0.494 e. The topological polar surface area (TPSA) is 70.9 Å². The molecule has 3 aromatic carbocycles. The highest BCUT2D eigenvalue weighted by atomic mass is 16.5. The van der Waals surface area contributed by atoms with Crippen LogP contribution >= 0.6 is 0 Å². The third-order valence-electron chi connectivity index (χ3n) is 5.40. The molecule has 0 saturated heterocycles. The molecule has 0 bridgehead atoms. The maximum atomic E-state index is 13.2.